The number of hydrogen-bond acceptors (Lipinski definition) is 1. The Morgan fingerprint density at radius 3 is 2.07 bits per heavy atom. The minimum atomic E-state index is -0.0802. The van der Waals surface area contributed by atoms with Crippen LogP contribution in [0.1, 0.15) is 59.8 Å². The first kappa shape index (κ1) is 10.9. The van der Waals surface area contributed by atoms with Crippen LogP contribution in [0.2, 0.25) is 0 Å². The fourth-order valence-corrected chi connectivity index (χ4v) is 3.53. The standard InChI is InChI=1S/C14H22O/c1-10-8-14(9-11(10)2)7-5-6-13(3,4)12(14)15/h5-9H2,1-4H3. The van der Waals surface area contributed by atoms with Crippen LogP contribution in [0.3, 0.4) is 0 Å². The Bertz CT molecular complexity index is 319. The molecule has 1 fully saturated rings. The first-order chi connectivity index (χ1) is 6.87. The molecule has 0 saturated heterocycles. The van der Waals surface area contributed by atoms with Crippen LogP contribution in [0.25, 0.3) is 0 Å². The fourth-order valence-electron chi connectivity index (χ4n) is 3.53. The van der Waals surface area contributed by atoms with Gasteiger partial charge in [-0.15, -0.1) is 0 Å². The molecule has 2 aliphatic rings. The number of carbonyl (C=O) groups is 1. The average Bonchev–Trinajstić information content (AvgIpc) is 2.40. The number of carbonyl (C=O) groups excluding carboxylic acids is 1. The molecule has 2 rings (SSSR count). The summed E-state index contributed by atoms with van der Waals surface area (Å²) < 4.78 is 0. The molecule has 1 nitrogen and oxygen atoms in total. The van der Waals surface area contributed by atoms with Crippen LogP contribution >= 0.6 is 0 Å². The van der Waals surface area contributed by atoms with Gasteiger partial charge in [0, 0.05) is 10.8 Å². The summed E-state index contributed by atoms with van der Waals surface area (Å²) in [6.07, 6.45) is 5.47. The summed E-state index contributed by atoms with van der Waals surface area (Å²) >= 11 is 0. The van der Waals surface area contributed by atoms with E-state index >= 15 is 0 Å². The van der Waals surface area contributed by atoms with E-state index in [9.17, 15) is 4.79 Å². The Labute approximate surface area is 92.9 Å². The Balaban J connectivity index is 2.28. The predicted octanol–water partition coefficient (Wildman–Crippen LogP) is 3.88. The van der Waals surface area contributed by atoms with E-state index in [1.807, 2.05) is 0 Å². The zero-order valence-corrected chi connectivity index (χ0v) is 10.4. The van der Waals surface area contributed by atoms with Crippen molar-refractivity contribution in [2.75, 3.05) is 0 Å². The molecule has 15 heavy (non-hydrogen) atoms. The summed E-state index contributed by atoms with van der Waals surface area (Å²) in [7, 11) is 0. The van der Waals surface area contributed by atoms with E-state index in [0.717, 1.165) is 25.7 Å². The van der Waals surface area contributed by atoms with Gasteiger partial charge in [0.15, 0.2) is 0 Å². The van der Waals surface area contributed by atoms with Crippen molar-refractivity contribution in [1.82, 2.24) is 0 Å². The SMILES string of the molecule is CC1=C(C)CC2(CCCC(C)(C)C2=O)C1. The monoisotopic (exact) mass is 206 g/mol. The molecule has 0 aromatic heterocycles. The largest absolute Gasteiger partial charge is 0.298 e. The highest BCUT2D eigenvalue weighted by Crippen LogP contribution is 2.53. The van der Waals surface area contributed by atoms with E-state index in [4.69, 9.17) is 0 Å². The van der Waals surface area contributed by atoms with Gasteiger partial charge in [0.1, 0.15) is 5.78 Å². The molecule has 2 aliphatic carbocycles. The number of allylic oxidation sites excluding steroid dienone is 2. The van der Waals surface area contributed by atoms with Crippen molar-refractivity contribution in [3.63, 3.8) is 0 Å². The normalized spacial score (nSPS) is 28.9. The summed E-state index contributed by atoms with van der Waals surface area (Å²) in [6.45, 7) is 8.64. The third kappa shape index (κ3) is 1.56. The molecule has 0 aliphatic heterocycles. The lowest BCUT2D eigenvalue weighted by molar-refractivity contribution is -0.141. The topological polar surface area (TPSA) is 17.1 Å². The van der Waals surface area contributed by atoms with Gasteiger partial charge in [-0.25, -0.2) is 0 Å². The number of Topliss-reactive ketones (excluding diaryl/α,β-unsaturated/α-hetero) is 1. The van der Waals surface area contributed by atoms with Gasteiger partial charge in [0.2, 0.25) is 0 Å². The zero-order valence-electron chi connectivity index (χ0n) is 10.4. The van der Waals surface area contributed by atoms with Crippen molar-refractivity contribution in [2.45, 2.75) is 59.8 Å². The smallest absolute Gasteiger partial charge is 0.145 e. The Kier molecular flexibility index (Phi) is 2.33. The van der Waals surface area contributed by atoms with Crippen LogP contribution in [0.4, 0.5) is 0 Å². The minimum Gasteiger partial charge on any atom is -0.298 e. The molecule has 0 radical (unpaired) electrons. The molecule has 0 amide bonds. The maximum atomic E-state index is 12.5. The van der Waals surface area contributed by atoms with Crippen molar-refractivity contribution in [3.8, 4) is 0 Å². The second-order valence-corrected chi connectivity index (χ2v) is 6.26. The highest BCUT2D eigenvalue weighted by Gasteiger charge is 2.50. The summed E-state index contributed by atoms with van der Waals surface area (Å²) in [5.41, 5.74) is 2.83. The van der Waals surface area contributed by atoms with Crippen LogP contribution in [0.15, 0.2) is 11.1 Å². The van der Waals surface area contributed by atoms with Crippen molar-refractivity contribution < 1.29 is 4.79 Å². The summed E-state index contributed by atoms with van der Waals surface area (Å²) in [6, 6.07) is 0. The minimum absolute atomic E-state index is 0.00405. The second-order valence-electron chi connectivity index (χ2n) is 6.26. The lowest BCUT2D eigenvalue weighted by Crippen LogP contribution is -2.43. The van der Waals surface area contributed by atoms with Crippen LogP contribution in [-0.2, 0) is 4.79 Å². The molecule has 1 spiro atoms. The lowest BCUT2D eigenvalue weighted by Gasteiger charge is -2.41. The summed E-state index contributed by atoms with van der Waals surface area (Å²) in [4.78, 5) is 12.5. The Hall–Kier alpha value is -0.590. The van der Waals surface area contributed by atoms with Gasteiger partial charge in [-0.2, -0.15) is 0 Å². The van der Waals surface area contributed by atoms with Crippen LogP contribution < -0.4 is 0 Å². The van der Waals surface area contributed by atoms with Gasteiger partial charge < -0.3 is 0 Å². The van der Waals surface area contributed by atoms with E-state index in [2.05, 4.69) is 27.7 Å². The van der Waals surface area contributed by atoms with Crippen LogP contribution in [0.5, 0.6) is 0 Å². The third-order valence-corrected chi connectivity index (χ3v) is 4.49. The molecule has 0 heterocycles. The van der Waals surface area contributed by atoms with Crippen molar-refractivity contribution in [1.29, 1.82) is 0 Å². The first-order valence-corrected chi connectivity index (χ1v) is 6.08. The zero-order chi connectivity index (χ0) is 11.3. The van der Waals surface area contributed by atoms with Gasteiger partial charge >= 0.3 is 0 Å². The highest BCUT2D eigenvalue weighted by atomic mass is 16.1. The van der Waals surface area contributed by atoms with Crippen molar-refractivity contribution in [3.05, 3.63) is 11.1 Å². The van der Waals surface area contributed by atoms with Gasteiger partial charge in [0.05, 0.1) is 0 Å². The molecule has 0 unspecified atom stereocenters. The number of rotatable bonds is 0. The molecule has 1 saturated carbocycles. The van der Waals surface area contributed by atoms with E-state index in [1.54, 1.807) is 0 Å². The maximum Gasteiger partial charge on any atom is 0.145 e. The molecule has 0 aromatic carbocycles. The number of hydrogen-bond donors (Lipinski definition) is 0. The maximum absolute atomic E-state index is 12.5. The quantitative estimate of drug-likeness (QED) is 0.550. The predicted molar refractivity (Wildman–Crippen MR) is 62.7 cm³/mol. The first-order valence-electron chi connectivity index (χ1n) is 6.08. The second kappa shape index (κ2) is 3.20. The fraction of sp³-hybridized carbons (Fsp3) is 0.786. The lowest BCUT2D eigenvalue weighted by atomic mass is 9.61. The van der Waals surface area contributed by atoms with Crippen molar-refractivity contribution >= 4 is 5.78 Å². The van der Waals surface area contributed by atoms with E-state index in [-0.39, 0.29) is 10.8 Å². The van der Waals surface area contributed by atoms with Crippen LogP contribution in [-0.4, -0.2) is 5.78 Å². The average molecular weight is 206 g/mol. The molecule has 1 heteroatoms. The molecule has 0 N–H and O–H groups in total. The molecular formula is C14H22O. The Morgan fingerprint density at radius 2 is 1.53 bits per heavy atom. The van der Waals surface area contributed by atoms with Crippen LogP contribution in [0, 0.1) is 10.8 Å². The van der Waals surface area contributed by atoms with Gasteiger partial charge in [-0.05, 0) is 39.5 Å². The Morgan fingerprint density at radius 1 is 1.00 bits per heavy atom. The van der Waals surface area contributed by atoms with Gasteiger partial charge in [-0.3, -0.25) is 4.79 Å². The third-order valence-electron chi connectivity index (χ3n) is 4.49. The molecule has 0 atom stereocenters. The van der Waals surface area contributed by atoms with Crippen molar-refractivity contribution in [2.24, 2.45) is 10.8 Å². The summed E-state index contributed by atoms with van der Waals surface area (Å²) in [5.74, 6) is 0.525. The van der Waals surface area contributed by atoms with Gasteiger partial charge in [0.25, 0.3) is 0 Å². The highest BCUT2D eigenvalue weighted by molar-refractivity contribution is 5.91. The molecular weight excluding hydrogens is 184 g/mol. The molecule has 0 aromatic rings. The van der Waals surface area contributed by atoms with E-state index in [0.29, 0.717) is 5.78 Å². The van der Waals surface area contributed by atoms with E-state index < -0.39 is 0 Å². The molecule has 0 bridgehead atoms. The number of ketones is 1. The van der Waals surface area contributed by atoms with E-state index in [1.165, 1.54) is 17.6 Å². The van der Waals surface area contributed by atoms with Gasteiger partial charge in [-0.1, -0.05) is 31.4 Å². The summed E-state index contributed by atoms with van der Waals surface area (Å²) in [5, 5.41) is 0. The molecule has 84 valence electrons.